The minimum atomic E-state index is -1.07. The van der Waals surface area contributed by atoms with Crippen LogP contribution in [-0.2, 0) is 14.9 Å². The first kappa shape index (κ1) is 15.4. The molecular formula is C16H21NO2. The standard InChI is InChI=1S/C16H21NO2/c1-13(18)16(12-17,11-10-15(2,3)19-4)14-8-6-5-7-9-14/h5-9H,10-11H2,1-4H3. The number of methoxy groups -OCH3 is 1. The quantitative estimate of drug-likeness (QED) is 0.788. The van der Waals surface area contributed by atoms with E-state index in [1.165, 1.54) is 6.92 Å². The number of ketones is 1. The molecule has 0 spiro atoms. The Morgan fingerprint density at radius 1 is 1.26 bits per heavy atom. The van der Waals surface area contributed by atoms with Gasteiger partial charge in [0, 0.05) is 7.11 Å². The lowest BCUT2D eigenvalue weighted by Gasteiger charge is -2.29. The highest BCUT2D eigenvalue weighted by atomic mass is 16.5. The predicted octanol–water partition coefficient (Wildman–Crippen LogP) is 3.24. The van der Waals surface area contributed by atoms with Gasteiger partial charge in [0.15, 0.2) is 5.78 Å². The van der Waals surface area contributed by atoms with E-state index in [4.69, 9.17) is 4.74 Å². The summed E-state index contributed by atoms with van der Waals surface area (Å²) in [6.07, 6.45) is 1.11. The van der Waals surface area contributed by atoms with Crippen LogP contribution in [0.5, 0.6) is 0 Å². The molecule has 0 bridgehead atoms. The molecule has 3 heteroatoms. The number of Topliss-reactive ketones (excluding diaryl/α,β-unsaturated/α-hetero) is 1. The Morgan fingerprint density at radius 2 is 1.84 bits per heavy atom. The van der Waals surface area contributed by atoms with E-state index in [2.05, 4.69) is 6.07 Å². The molecule has 0 aliphatic heterocycles. The molecule has 0 amide bonds. The number of nitrogens with zero attached hydrogens (tertiary/aromatic N) is 1. The lowest BCUT2D eigenvalue weighted by molar-refractivity contribution is -0.121. The van der Waals surface area contributed by atoms with Gasteiger partial charge in [-0.3, -0.25) is 4.79 Å². The maximum Gasteiger partial charge on any atom is 0.154 e. The third kappa shape index (κ3) is 3.42. The van der Waals surface area contributed by atoms with Crippen molar-refractivity contribution in [3.8, 4) is 6.07 Å². The van der Waals surface area contributed by atoms with Gasteiger partial charge in [-0.2, -0.15) is 5.26 Å². The van der Waals surface area contributed by atoms with E-state index in [9.17, 15) is 10.1 Å². The highest BCUT2D eigenvalue weighted by Gasteiger charge is 2.38. The van der Waals surface area contributed by atoms with Crippen LogP contribution in [0.1, 0.15) is 39.2 Å². The van der Waals surface area contributed by atoms with Crippen molar-refractivity contribution in [2.24, 2.45) is 0 Å². The van der Waals surface area contributed by atoms with Gasteiger partial charge in [0.05, 0.1) is 11.7 Å². The summed E-state index contributed by atoms with van der Waals surface area (Å²) in [6.45, 7) is 5.40. The molecule has 0 N–H and O–H groups in total. The number of carbonyl (C=O) groups is 1. The normalized spacial score (nSPS) is 14.5. The summed E-state index contributed by atoms with van der Waals surface area (Å²) in [5.41, 5.74) is -0.652. The molecule has 0 saturated carbocycles. The summed E-state index contributed by atoms with van der Waals surface area (Å²) in [5.74, 6) is -0.117. The molecule has 1 atom stereocenters. The average Bonchev–Trinajstić information content (AvgIpc) is 2.41. The number of hydrogen-bond donors (Lipinski definition) is 0. The van der Waals surface area contributed by atoms with Crippen LogP contribution >= 0.6 is 0 Å². The number of ether oxygens (including phenoxy) is 1. The van der Waals surface area contributed by atoms with Crippen LogP contribution in [0, 0.1) is 11.3 Å². The summed E-state index contributed by atoms with van der Waals surface area (Å²) < 4.78 is 5.37. The van der Waals surface area contributed by atoms with Crippen LogP contribution in [-0.4, -0.2) is 18.5 Å². The van der Waals surface area contributed by atoms with Gasteiger partial charge in [0.2, 0.25) is 0 Å². The SMILES string of the molecule is COC(C)(C)CCC(C#N)(C(C)=O)c1ccccc1. The molecule has 0 aromatic heterocycles. The van der Waals surface area contributed by atoms with E-state index in [1.807, 2.05) is 44.2 Å². The summed E-state index contributed by atoms with van der Waals surface area (Å²) in [4.78, 5) is 12.0. The number of carbonyl (C=O) groups excluding carboxylic acids is 1. The van der Waals surface area contributed by atoms with Crippen molar-refractivity contribution in [1.29, 1.82) is 5.26 Å². The third-order valence-corrected chi connectivity index (χ3v) is 3.71. The van der Waals surface area contributed by atoms with Crippen LogP contribution < -0.4 is 0 Å². The van der Waals surface area contributed by atoms with Crippen LogP contribution in [0.3, 0.4) is 0 Å². The molecule has 1 aromatic rings. The molecule has 102 valence electrons. The van der Waals surface area contributed by atoms with Crippen molar-refractivity contribution in [3.63, 3.8) is 0 Å². The van der Waals surface area contributed by atoms with Gasteiger partial charge >= 0.3 is 0 Å². The Labute approximate surface area is 115 Å². The van der Waals surface area contributed by atoms with Crippen molar-refractivity contribution < 1.29 is 9.53 Å². The van der Waals surface area contributed by atoms with E-state index in [0.29, 0.717) is 12.8 Å². The minimum Gasteiger partial charge on any atom is -0.379 e. The summed E-state index contributed by atoms with van der Waals surface area (Å²) in [7, 11) is 1.64. The number of rotatable bonds is 6. The second-order valence-electron chi connectivity index (χ2n) is 5.40. The highest BCUT2D eigenvalue weighted by Crippen LogP contribution is 2.33. The fraction of sp³-hybridized carbons (Fsp3) is 0.500. The number of nitriles is 1. The fourth-order valence-electron chi connectivity index (χ4n) is 2.04. The molecule has 1 aromatic carbocycles. The van der Waals surface area contributed by atoms with Gasteiger partial charge in [-0.15, -0.1) is 0 Å². The van der Waals surface area contributed by atoms with E-state index in [1.54, 1.807) is 7.11 Å². The Morgan fingerprint density at radius 3 is 2.26 bits per heavy atom. The largest absolute Gasteiger partial charge is 0.379 e. The molecular weight excluding hydrogens is 238 g/mol. The first-order chi connectivity index (χ1) is 8.88. The Balaban J connectivity index is 3.09. The van der Waals surface area contributed by atoms with Gasteiger partial charge in [-0.05, 0) is 39.2 Å². The van der Waals surface area contributed by atoms with Gasteiger partial charge in [0.1, 0.15) is 5.41 Å². The number of benzene rings is 1. The summed E-state index contributed by atoms with van der Waals surface area (Å²) in [5, 5.41) is 9.56. The smallest absolute Gasteiger partial charge is 0.154 e. The Hall–Kier alpha value is -1.66. The van der Waals surface area contributed by atoms with Gasteiger partial charge < -0.3 is 4.74 Å². The van der Waals surface area contributed by atoms with Crippen molar-refractivity contribution >= 4 is 5.78 Å². The summed E-state index contributed by atoms with van der Waals surface area (Å²) >= 11 is 0. The van der Waals surface area contributed by atoms with Crippen molar-refractivity contribution in [1.82, 2.24) is 0 Å². The maximum absolute atomic E-state index is 12.0. The van der Waals surface area contributed by atoms with Crippen LogP contribution in [0.25, 0.3) is 0 Å². The molecule has 0 heterocycles. The Bertz CT molecular complexity index is 473. The maximum atomic E-state index is 12.0. The molecule has 0 aliphatic carbocycles. The van der Waals surface area contributed by atoms with Crippen molar-refractivity contribution in [2.45, 2.75) is 44.6 Å². The lowest BCUT2D eigenvalue weighted by Crippen LogP contribution is -2.35. The zero-order valence-electron chi connectivity index (χ0n) is 12.1. The molecule has 0 fully saturated rings. The predicted molar refractivity (Wildman–Crippen MR) is 74.7 cm³/mol. The molecule has 0 aliphatic rings. The average molecular weight is 259 g/mol. The van der Waals surface area contributed by atoms with E-state index >= 15 is 0 Å². The zero-order valence-corrected chi connectivity index (χ0v) is 12.1. The Kier molecular flexibility index (Phi) is 4.85. The first-order valence-electron chi connectivity index (χ1n) is 6.41. The van der Waals surface area contributed by atoms with Crippen LogP contribution in [0.15, 0.2) is 30.3 Å². The highest BCUT2D eigenvalue weighted by molar-refractivity contribution is 5.91. The molecule has 1 unspecified atom stereocenters. The topological polar surface area (TPSA) is 50.1 Å². The van der Waals surface area contributed by atoms with E-state index in [0.717, 1.165) is 5.56 Å². The van der Waals surface area contributed by atoms with E-state index in [-0.39, 0.29) is 11.4 Å². The first-order valence-corrected chi connectivity index (χ1v) is 6.41. The van der Waals surface area contributed by atoms with Crippen molar-refractivity contribution in [2.75, 3.05) is 7.11 Å². The second kappa shape index (κ2) is 5.99. The zero-order chi connectivity index (χ0) is 14.5. The summed E-state index contributed by atoms with van der Waals surface area (Å²) in [6, 6.07) is 11.5. The lowest BCUT2D eigenvalue weighted by atomic mass is 9.73. The van der Waals surface area contributed by atoms with Crippen LogP contribution in [0.4, 0.5) is 0 Å². The fourth-order valence-corrected chi connectivity index (χ4v) is 2.04. The third-order valence-electron chi connectivity index (χ3n) is 3.71. The number of hydrogen-bond acceptors (Lipinski definition) is 3. The molecule has 0 saturated heterocycles. The minimum absolute atomic E-state index is 0.117. The van der Waals surface area contributed by atoms with Gasteiger partial charge in [0.25, 0.3) is 0 Å². The van der Waals surface area contributed by atoms with Gasteiger partial charge in [-0.25, -0.2) is 0 Å². The van der Waals surface area contributed by atoms with E-state index < -0.39 is 5.41 Å². The monoisotopic (exact) mass is 259 g/mol. The van der Waals surface area contributed by atoms with Gasteiger partial charge in [-0.1, -0.05) is 30.3 Å². The van der Waals surface area contributed by atoms with Crippen LogP contribution in [0.2, 0.25) is 0 Å². The molecule has 0 radical (unpaired) electrons. The molecule has 3 nitrogen and oxygen atoms in total. The molecule has 1 rings (SSSR count). The second-order valence-corrected chi connectivity index (χ2v) is 5.40. The van der Waals surface area contributed by atoms with Crippen molar-refractivity contribution in [3.05, 3.63) is 35.9 Å². The molecule has 19 heavy (non-hydrogen) atoms.